The zero-order valence-corrected chi connectivity index (χ0v) is 8.90. The Balaban J connectivity index is 2.58. The number of aryl methyl sites for hydroxylation is 1. The summed E-state index contributed by atoms with van der Waals surface area (Å²) < 4.78 is 1.47. The highest BCUT2D eigenvalue weighted by atomic mass is 35.5. The Labute approximate surface area is 92.0 Å². The van der Waals surface area contributed by atoms with E-state index in [0.29, 0.717) is 10.7 Å². The van der Waals surface area contributed by atoms with Gasteiger partial charge in [-0.1, -0.05) is 11.6 Å². The van der Waals surface area contributed by atoms with Crippen LogP contribution in [0.4, 0.5) is 0 Å². The van der Waals surface area contributed by atoms with Crippen LogP contribution in [0.2, 0.25) is 5.02 Å². The van der Waals surface area contributed by atoms with E-state index in [2.05, 4.69) is 4.98 Å². The van der Waals surface area contributed by atoms with Crippen molar-refractivity contribution in [3.05, 3.63) is 57.7 Å². The molecule has 0 saturated heterocycles. The highest BCUT2D eigenvalue weighted by Gasteiger charge is 2.00. The molecule has 0 aliphatic heterocycles. The van der Waals surface area contributed by atoms with E-state index in [-0.39, 0.29) is 5.56 Å². The molecule has 0 aromatic carbocycles. The molecule has 2 aromatic heterocycles. The van der Waals surface area contributed by atoms with Crippen molar-refractivity contribution in [2.75, 3.05) is 0 Å². The van der Waals surface area contributed by atoms with Gasteiger partial charge in [0.05, 0.1) is 16.9 Å². The van der Waals surface area contributed by atoms with Gasteiger partial charge in [0.1, 0.15) is 0 Å². The van der Waals surface area contributed by atoms with Gasteiger partial charge >= 0.3 is 0 Å². The molecule has 0 fully saturated rings. The molecule has 0 aliphatic carbocycles. The van der Waals surface area contributed by atoms with Crippen molar-refractivity contribution in [1.82, 2.24) is 9.55 Å². The summed E-state index contributed by atoms with van der Waals surface area (Å²) in [5.74, 6) is 0. The van der Waals surface area contributed by atoms with Crippen LogP contribution in [0.25, 0.3) is 5.69 Å². The summed E-state index contributed by atoms with van der Waals surface area (Å²) in [4.78, 5) is 15.7. The molecule has 0 unspecified atom stereocenters. The van der Waals surface area contributed by atoms with Crippen molar-refractivity contribution in [3.63, 3.8) is 0 Å². The molecular formula is C11H9ClN2O. The monoisotopic (exact) mass is 220 g/mol. The second kappa shape index (κ2) is 3.87. The molecule has 0 bridgehead atoms. The van der Waals surface area contributed by atoms with E-state index in [0.717, 1.165) is 5.69 Å². The van der Waals surface area contributed by atoms with E-state index < -0.39 is 0 Å². The largest absolute Gasteiger partial charge is 0.281 e. The Kier molecular flexibility index (Phi) is 2.56. The van der Waals surface area contributed by atoms with Gasteiger partial charge in [0, 0.05) is 18.0 Å². The zero-order valence-electron chi connectivity index (χ0n) is 8.14. The normalized spacial score (nSPS) is 10.3. The number of halogens is 1. The summed E-state index contributed by atoms with van der Waals surface area (Å²) >= 11 is 5.82. The Hall–Kier alpha value is -1.61. The van der Waals surface area contributed by atoms with Crippen LogP contribution in [-0.4, -0.2) is 9.55 Å². The maximum atomic E-state index is 11.5. The molecule has 2 heterocycles. The second-order valence-electron chi connectivity index (χ2n) is 3.21. The first-order valence-electron chi connectivity index (χ1n) is 4.48. The van der Waals surface area contributed by atoms with Crippen molar-refractivity contribution < 1.29 is 0 Å². The standard InChI is InChI=1S/C11H9ClN2O/c1-8-2-4-10(6-13-8)14-7-9(12)3-5-11(14)15/h2-7H,1H3. The van der Waals surface area contributed by atoms with E-state index in [1.54, 1.807) is 18.5 Å². The van der Waals surface area contributed by atoms with E-state index in [1.807, 2.05) is 19.1 Å². The molecule has 15 heavy (non-hydrogen) atoms. The van der Waals surface area contributed by atoms with Crippen LogP contribution < -0.4 is 5.56 Å². The van der Waals surface area contributed by atoms with Crippen LogP contribution in [-0.2, 0) is 0 Å². The number of hydrogen-bond acceptors (Lipinski definition) is 2. The first-order valence-corrected chi connectivity index (χ1v) is 4.86. The second-order valence-corrected chi connectivity index (χ2v) is 3.65. The quantitative estimate of drug-likeness (QED) is 0.739. The molecule has 0 aliphatic rings. The predicted molar refractivity (Wildman–Crippen MR) is 59.6 cm³/mol. The average Bonchev–Trinajstić information content (AvgIpc) is 2.23. The van der Waals surface area contributed by atoms with E-state index in [1.165, 1.54) is 10.6 Å². The molecule has 76 valence electrons. The first kappa shape index (κ1) is 9.93. The third kappa shape index (κ3) is 2.07. The third-order valence-corrected chi connectivity index (χ3v) is 2.27. The summed E-state index contributed by atoms with van der Waals surface area (Å²) in [5, 5.41) is 0.523. The van der Waals surface area contributed by atoms with Crippen molar-refractivity contribution in [2.24, 2.45) is 0 Å². The van der Waals surface area contributed by atoms with Gasteiger partial charge in [-0.25, -0.2) is 0 Å². The molecular weight excluding hydrogens is 212 g/mol. The minimum Gasteiger partial charge on any atom is -0.281 e. The molecule has 0 saturated carbocycles. The topological polar surface area (TPSA) is 34.9 Å². The molecule has 0 N–H and O–H groups in total. The molecule has 0 amide bonds. The lowest BCUT2D eigenvalue weighted by molar-refractivity contribution is 0.972. The first-order chi connectivity index (χ1) is 7.16. The van der Waals surface area contributed by atoms with Gasteiger partial charge in [-0.2, -0.15) is 0 Å². The fraction of sp³-hybridized carbons (Fsp3) is 0.0909. The average molecular weight is 221 g/mol. The number of nitrogens with zero attached hydrogens (tertiary/aromatic N) is 2. The van der Waals surface area contributed by atoms with Crippen LogP contribution in [0, 0.1) is 6.92 Å². The summed E-state index contributed by atoms with van der Waals surface area (Å²) in [6.07, 6.45) is 3.23. The van der Waals surface area contributed by atoms with Crippen LogP contribution in [0.5, 0.6) is 0 Å². The van der Waals surface area contributed by atoms with Crippen LogP contribution in [0.3, 0.4) is 0 Å². The van der Waals surface area contributed by atoms with E-state index in [9.17, 15) is 4.79 Å². The van der Waals surface area contributed by atoms with Gasteiger partial charge in [-0.3, -0.25) is 14.3 Å². The molecule has 2 rings (SSSR count). The predicted octanol–water partition coefficient (Wildman–Crippen LogP) is 2.19. The highest BCUT2D eigenvalue weighted by molar-refractivity contribution is 6.30. The zero-order chi connectivity index (χ0) is 10.8. The smallest absolute Gasteiger partial charge is 0.255 e. The number of hydrogen-bond donors (Lipinski definition) is 0. The maximum absolute atomic E-state index is 11.5. The molecule has 3 nitrogen and oxygen atoms in total. The Bertz CT molecular complexity index is 531. The number of pyridine rings is 2. The van der Waals surface area contributed by atoms with Gasteiger partial charge in [0.15, 0.2) is 0 Å². The van der Waals surface area contributed by atoms with Crippen molar-refractivity contribution >= 4 is 11.6 Å². The van der Waals surface area contributed by atoms with Crippen molar-refractivity contribution in [2.45, 2.75) is 6.92 Å². The minimum atomic E-state index is -0.120. The molecule has 2 aromatic rings. The lowest BCUT2D eigenvalue weighted by atomic mass is 10.3. The van der Waals surface area contributed by atoms with Crippen molar-refractivity contribution in [3.8, 4) is 5.69 Å². The molecule has 4 heteroatoms. The summed E-state index contributed by atoms with van der Waals surface area (Å²) in [6, 6.07) is 6.69. The van der Waals surface area contributed by atoms with Crippen LogP contribution in [0.15, 0.2) is 41.5 Å². The summed E-state index contributed by atoms with van der Waals surface area (Å²) in [7, 11) is 0. The fourth-order valence-corrected chi connectivity index (χ4v) is 1.43. The number of aromatic nitrogens is 2. The Morgan fingerprint density at radius 3 is 2.73 bits per heavy atom. The molecule has 0 radical (unpaired) electrons. The van der Waals surface area contributed by atoms with Crippen molar-refractivity contribution in [1.29, 1.82) is 0 Å². The van der Waals surface area contributed by atoms with E-state index in [4.69, 9.17) is 11.6 Å². The molecule has 0 spiro atoms. The van der Waals surface area contributed by atoms with Gasteiger partial charge in [0.25, 0.3) is 5.56 Å². The molecule has 0 atom stereocenters. The van der Waals surface area contributed by atoms with Crippen LogP contribution >= 0.6 is 11.6 Å². The van der Waals surface area contributed by atoms with Gasteiger partial charge < -0.3 is 0 Å². The van der Waals surface area contributed by atoms with Crippen LogP contribution in [0.1, 0.15) is 5.69 Å². The number of rotatable bonds is 1. The SMILES string of the molecule is Cc1ccc(-n2cc(Cl)ccc2=O)cn1. The van der Waals surface area contributed by atoms with Gasteiger partial charge in [-0.05, 0) is 25.1 Å². The highest BCUT2D eigenvalue weighted by Crippen LogP contribution is 2.08. The lowest BCUT2D eigenvalue weighted by Gasteiger charge is -2.05. The Morgan fingerprint density at radius 2 is 2.07 bits per heavy atom. The Morgan fingerprint density at radius 1 is 1.27 bits per heavy atom. The summed E-state index contributed by atoms with van der Waals surface area (Å²) in [6.45, 7) is 1.89. The third-order valence-electron chi connectivity index (χ3n) is 2.05. The van der Waals surface area contributed by atoms with E-state index >= 15 is 0 Å². The van der Waals surface area contributed by atoms with Gasteiger partial charge in [0.2, 0.25) is 0 Å². The lowest BCUT2D eigenvalue weighted by Crippen LogP contribution is -2.16. The summed E-state index contributed by atoms with van der Waals surface area (Å²) in [5.41, 5.74) is 1.51. The fourth-order valence-electron chi connectivity index (χ4n) is 1.27. The maximum Gasteiger partial charge on any atom is 0.255 e. The minimum absolute atomic E-state index is 0.120. The van der Waals surface area contributed by atoms with Gasteiger partial charge in [-0.15, -0.1) is 0 Å².